The van der Waals surface area contributed by atoms with Crippen LogP contribution in [0.15, 0.2) is 0 Å². The standard InChI is InChI=1S/2CH3.Ni.O/h2*1H3;;/q2*-1;;. The van der Waals surface area contributed by atoms with Crippen molar-refractivity contribution < 1.29 is 19.3 Å². The third-order valence-electron chi connectivity index (χ3n) is 0. The molecular weight excluding hydrogens is 98.7 g/mol. The summed E-state index contributed by atoms with van der Waals surface area (Å²) in [5.74, 6) is 0. The Kier molecular flexibility index (Phi) is 1400. The van der Waals surface area contributed by atoms with Gasteiger partial charge in [-0.05, 0) is 0 Å². The van der Waals surface area contributed by atoms with Gasteiger partial charge in [-0.3, -0.25) is 0 Å². The molecule has 0 saturated carbocycles. The maximum atomic E-state index is 7.88. The van der Waals surface area contributed by atoms with E-state index in [1.54, 1.807) is 0 Å². The third kappa shape index (κ3) is 44.5. The summed E-state index contributed by atoms with van der Waals surface area (Å²) in [7, 11) is 0. The van der Waals surface area contributed by atoms with Gasteiger partial charge < -0.3 is 14.9 Å². The Morgan fingerprint density at radius 3 is 1.00 bits per heavy atom. The average molecular weight is 105 g/mol. The van der Waals surface area contributed by atoms with Crippen LogP contribution in [0.3, 0.4) is 0 Å². The molecule has 0 atom stereocenters. The van der Waals surface area contributed by atoms with E-state index in [9.17, 15) is 0 Å². The Balaban J connectivity index is -0.00000000500. The molecule has 4 heavy (non-hydrogen) atoms. The molecule has 2 heteroatoms. The van der Waals surface area contributed by atoms with Crippen molar-refractivity contribution in [3.05, 3.63) is 14.9 Å². The molecule has 0 spiro atoms. The minimum atomic E-state index is 0. The Morgan fingerprint density at radius 2 is 1.00 bits per heavy atom. The Labute approximate surface area is 35.0 Å². The van der Waals surface area contributed by atoms with Crippen molar-refractivity contribution in [2.45, 2.75) is 0 Å². The second-order valence-corrected chi connectivity index (χ2v) is 0. The van der Waals surface area contributed by atoms with Gasteiger partial charge in [0.25, 0.3) is 0 Å². The predicted octanol–water partition coefficient (Wildman–Crippen LogP) is 0.779. The zero-order valence-electron chi connectivity index (χ0n) is 2.72. The van der Waals surface area contributed by atoms with Crippen molar-refractivity contribution >= 4 is 0 Å². The van der Waals surface area contributed by atoms with Gasteiger partial charge in [-0.25, -0.2) is 0 Å². The molecule has 0 amide bonds. The van der Waals surface area contributed by atoms with Crippen LogP contribution in [-0.2, 0) is 19.3 Å². The van der Waals surface area contributed by atoms with E-state index in [4.69, 9.17) is 3.90 Å². The van der Waals surface area contributed by atoms with E-state index in [2.05, 4.69) is 15.4 Å². The molecule has 0 radical (unpaired) electrons. The van der Waals surface area contributed by atoms with Gasteiger partial charge in [0.2, 0.25) is 0 Å². The first kappa shape index (κ1) is 27.8. The van der Waals surface area contributed by atoms with Crippen molar-refractivity contribution in [1.82, 2.24) is 0 Å². The van der Waals surface area contributed by atoms with Crippen molar-refractivity contribution in [3.63, 3.8) is 0 Å². The number of hydrogen-bond acceptors (Lipinski definition) is 1. The molecule has 32 valence electrons. The molecule has 0 saturated heterocycles. The minimum absolute atomic E-state index is 0. The molecule has 0 aromatic rings. The predicted molar refractivity (Wildman–Crippen MR) is 13.5 cm³/mol. The summed E-state index contributed by atoms with van der Waals surface area (Å²) in [5, 5.41) is 0. The molecule has 1 nitrogen and oxygen atoms in total. The molecule has 0 aliphatic carbocycles. The van der Waals surface area contributed by atoms with Gasteiger partial charge in [0.1, 0.15) is 0 Å². The van der Waals surface area contributed by atoms with E-state index in [0.29, 0.717) is 0 Å². The van der Waals surface area contributed by atoms with Crippen molar-refractivity contribution in [3.8, 4) is 0 Å². The van der Waals surface area contributed by atoms with E-state index in [-0.39, 0.29) is 14.9 Å². The SMILES string of the molecule is [CH3-].[CH3-].[O]=[Ni]. The van der Waals surface area contributed by atoms with Gasteiger partial charge in [0.15, 0.2) is 0 Å². The van der Waals surface area contributed by atoms with Crippen LogP contribution in [-0.4, -0.2) is 0 Å². The zero-order valence-corrected chi connectivity index (χ0v) is 3.71. The van der Waals surface area contributed by atoms with Crippen molar-refractivity contribution in [2.75, 3.05) is 0 Å². The number of rotatable bonds is 0. The quantitative estimate of drug-likeness (QED) is 0.328. The van der Waals surface area contributed by atoms with Crippen LogP contribution in [0, 0.1) is 14.9 Å². The van der Waals surface area contributed by atoms with Crippen LogP contribution in [0.2, 0.25) is 0 Å². The summed E-state index contributed by atoms with van der Waals surface area (Å²) in [4.78, 5) is 0. The zero-order chi connectivity index (χ0) is 2.00. The van der Waals surface area contributed by atoms with Crippen LogP contribution in [0.1, 0.15) is 0 Å². The first-order chi connectivity index (χ1) is 1.00. The summed E-state index contributed by atoms with van der Waals surface area (Å²) in [5.41, 5.74) is 0. The van der Waals surface area contributed by atoms with Gasteiger partial charge in [-0.1, -0.05) is 0 Å². The molecule has 0 fully saturated rings. The van der Waals surface area contributed by atoms with Gasteiger partial charge in [-0.2, -0.15) is 0 Å². The first-order valence-electron chi connectivity index (χ1n) is 0.129. The van der Waals surface area contributed by atoms with Gasteiger partial charge in [-0.15, -0.1) is 0 Å². The molecule has 0 bridgehead atoms. The van der Waals surface area contributed by atoms with E-state index in [0.717, 1.165) is 0 Å². The molecule has 0 aliphatic heterocycles. The van der Waals surface area contributed by atoms with Crippen LogP contribution in [0.25, 0.3) is 0 Å². The summed E-state index contributed by atoms with van der Waals surface area (Å²) in [6, 6.07) is 0. The monoisotopic (exact) mass is 104 g/mol. The van der Waals surface area contributed by atoms with Crippen LogP contribution in [0.4, 0.5) is 0 Å². The molecule has 0 heterocycles. The normalized spacial score (nSPS) is 1.50. The molecule has 0 N–H and O–H groups in total. The molecular formula is C2H6NiO-2. The van der Waals surface area contributed by atoms with E-state index < -0.39 is 0 Å². The van der Waals surface area contributed by atoms with E-state index in [1.807, 2.05) is 0 Å². The van der Waals surface area contributed by atoms with E-state index >= 15 is 0 Å². The van der Waals surface area contributed by atoms with Crippen molar-refractivity contribution in [2.24, 2.45) is 0 Å². The fraction of sp³-hybridized carbons (Fsp3) is 0. The van der Waals surface area contributed by atoms with E-state index in [1.165, 1.54) is 0 Å². The van der Waals surface area contributed by atoms with Gasteiger partial charge >= 0.3 is 19.3 Å². The van der Waals surface area contributed by atoms with Crippen LogP contribution >= 0.6 is 0 Å². The van der Waals surface area contributed by atoms with Crippen LogP contribution < -0.4 is 0 Å². The molecule has 0 aromatic heterocycles. The number of hydrogen-bond donors (Lipinski definition) is 0. The third-order valence-corrected chi connectivity index (χ3v) is 0. The van der Waals surface area contributed by atoms with Crippen molar-refractivity contribution in [1.29, 1.82) is 0 Å². The summed E-state index contributed by atoms with van der Waals surface area (Å²) < 4.78 is 7.88. The van der Waals surface area contributed by atoms with Gasteiger partial charge in [0.05, 0.1) is 0 Å². The van der Waals surface area contributed by atoms with Gasteiger partial charge in [0, 0.05) is 0 Å². The Bertz CT molecular complexity index is 6.00. The summed E-state index contributed by atoms with van der Waals surface area (Å²) in [6.45, 7) is 0. The average Bonchev–Trinajstić information content (AvgIpc) is 1.00. The Hall–Kier alpha value is 0.294. The first-order valence-corrected chi connectivity index (χ1v) is 0.532. The topological polar surface area (TPSA) is 17.1 Å². The molecule has 0 aliphatic rings. The second-order valence-electron chi connectivity index (χ2n) is 0. The molecule has 0 rings (SSSR count). The fourth-order valence-electron chi connectivity index (χ4n) is 0. The Morgan fingerprint density at radius 1 is 1.00 bits per heavy atom. The molecule has 0 aromatic carbocycles. The molecule has 0 unspecified atom stereocenters. The second kappa shape index (κ2) is 201. The summed E-state index contributed by atoms with van der Waals surface area (Å²) >= 11 is 2.62. The van der Waals surface area contributed by atoms with Crippen LogP contribution in [0.5, 0.6) is 0 Å². The maximum absolute atomic E-state index is 7.88. The fourth-order valence-corrected chi connectivity index (χ4v) is 0. The summed E-state index contributed by atoms with van der Waals surface area (Å²) in [6.07, 6.45) is 0.